The molecule has 0 radical (unpaired) electrons. The van der Waals surface area contributed by atoms with Crippen molar-refractivity contribution >= 4 is 25.9 Å². The van der Waals surface area contributed by atoms with Crippen LogP contribution >= 0.6 is 0 Å². The summed E-state index contributed by atoms with van der Waals surface area (Å²) in [4.78, 5) is 2.01. The van der Waals surface area contributed by atoms with Gasteiger partial charge in [-0.15, -0.1) is 0 Å². The van der Waals surface area contributed by atoms with Gasteiger partial charge in [-0.3, -0.25) is 0 Å². The molecule has 0 aromatic heterocycles. The number of rotatable bonds is 3. The third-order valence-corrected chi connectivity index (χ3v) is 2.11. The van der Waals surface area contributed by atoms with E-state index in [-0.39, 0.29) is 0 Å². The number of anilines is 1. The minimum atomic E-state index is 0.712. The van der Waals surface area contributed by atoms with E-state index in [0.29, 0.717) is 4.67 Å². The monoisotopic (exact) mass is 228 g/mol. The van der Waals surface area contributed by atoms with Gasteiger partial charge in [-0.25, -0.2) is 0 Å². The van der Waals surface area contributed by atoms with Gasteiger partial charge in [0.1, 0.15) is 0 Å². The fraction of sp³-hybridized carbons (Fsp3) is 0.222. The molecule has 1 aromatic rings. The van der Waals surface area contributed by atoms with Crippen molar-refractivity contribution in [3.8, 4) is 0 Å². The van der Waals surface area contributed by atoms with E-state index in [1.54, 1.807) is 0 Å². The summed E-state index contributed by atoms with van der Waals surface area (Å²) in [5.41, 5.74) is 6.79. The van der Waals surface area contributed by atoms with Crippen LogP contribution in [0.3, 0.4) is 0 Å². The first-order valence-corrected chi connectivity index (χ1v) is 4.73. The summed E-state index contributed by atoms with van der Waals surface area (Å²) in [6, 6.07) is 10.1. The third-order valence-electron chi connectivity index (χ3n) is 1.65. The molecule has 3 heteroatoms. The fourth-order valence-electron chi connectivity index (χ4n) is 1.07. The van der Waals surface area contributed by atoms with Crippen LogP contribution in [0, 0.1) is 0 Å². The summed E-state index contributed by atoms with van der Waals surface area (Å²) < 4.78 is 0.712. The first kappa shape index (κ1) is 9.30. The Balaban J connectivity index is 2.88. The molecule has 1 rings (SSSR count). The number of nitrogens with zero attached hydrogens (tertiary/aromatic N) is 1. The zero-order valence-corrected chi connectivity index (χ0v) is 8.74. The molecule has 0 saturated heterocycles. The number of benzene rings is 1. The zero-order valence-electron chi connectivity index (χ0n) is 7.03. The summed E-state index contributed by atoms with van der Waals surface area (Å²) in [7, 11) is 0. The molecule has 64 valence electrons. The minimum absolute atomic E-state index is 0.712. The Morgan fingerprint density at radius 3 is 2.42 bits per heavy atom. The van der Waals surface area contributed by atoms with Gasteiger partial charge in [0.05, 0.1) is 0 Å². The summed E-state index contributed by atoms with van der Waals surface area (Å²) in [5, 5.41) is 0. The Morgan fingerprint density at radius 2 is 2.00 bits per heavy atom. The molecule has 0 spiro atoms. The first-order valence-electron chi connectivity index (χ1n) is 3.87. The van der Waals surface area contributed by atoms with Crippen LogP contribution in [0.1, 0.15) is 6.92 Å². The van der Waals surface area contributed by atoms with Crippen molar-refractivity contribution in [2.75, 3.05) is 11.4 Å². The molecule has 0 aliphatic carbocycles. The average Bonchev–Trinajstić information content (AvgIpc) is 2.07. The zero-order chi connectivity index (χ0) is 8.97. The van der Waals surface area contributed by atoms with E-state index in [4.69, 9.17) is 5.73 Å². The Morgan fingerprint density at radius 1 is 1.42 bits per heavy atom. The predicted octanol–water partition coefficient (Wildman–Crippen LogP) is 0.727. The molecule has 0 aliphatic heterocycles. The molecule has 0 unspecified atom stereocenters. The Labute approximate surface area is 80.7 Å². The molecule has 2 N–H and O–H groups in total. The van der Waals surface area contributed by atoms with E-state index in [2.05, 4.69) is 22.5 Å². The van der Waals surface area contributed by atoms with Crippen molar-refractivity contribution in [3.05, 3.63) is 30.3 Å². The van der Waals surface area contributed by atoms with Gasteiger partial charge in [-0.05, 0) is 0 Å². The van der Waals surface area contributed by atoms with Gasteiger partial charge in [-0.2, -0.15) is 0 Å². The van der Waals surface area contributed by atoms with Gasteiger partial charge in [0.15, 0.2) is 0 Å². The quantitative estimate of drug-likeness (QED) is 0.771. The van der Waals surface area contributed by atoms with E-state index < -0.39 is 0 Å². The van der Waals surface area contributed by atoms with Crippen LogP contribution in [-0.2, 0) is 0 Å². The van der Waals surface area contributed by atoms with Gasteiger partial charge in [0, 0.05) is 0 Å². The van der Waals surface area contributed by atoms with Crippen molar-refractivity contribution in [2.24, 2.45) is 5.73 Å². The van der Waals surface area contributed by atoms with Crippen LogP contribution in [-0.4, -0.2) is 26.8 Å². The molecule has 0 heterocycles. The predicted molar refractivity (Wildman–Crippen MR) is 54.4 cm³/mol. The molecule has 0 saturated carbocycles. The molecular weight excluding hydrogens is 215 g/mol. The topological polar surface area (TPSA) is 29.3 Å². The molecule has 0 atom stereocenters. The average molecular weight is 227 g/mol. The van der Waals surface area contributed by atoms with Crippen molar-refractivity contribution in [1.82, 2.24) is 0 Å². The number of hydrogen-bond acceptors (Lipinski definition) is 2. The van der Waals surface area contributed by atoms with Crippen molar-refractivity contribution in [3.63, 3.8) is 0 Å². The van der Waals surface area contributed by atoms with E-state index in [0.717, 1.165) is 12.2 Å². The molecule has 12 heavy (non-hydrogen) atoms. The Kier molecular flexibility index (Phi) is 3.32. The van der Waals surface area contributed by atoms with Crippen LogP contribution in [0.4, 0.5) is 5.69 Å². The standard InChI is InChI=1S/C9H12N2Se/c1-2-11(9(10)12)8-6-4-3-5-7-8/h3-7H,2H2,1H3,(H2,10,12). The van der Waals surface area contributed by atoms with E-state index in [1.165, 1.54) is 0 Å². The maximum atomic E-state index is 5.67. The van der Waals surface area contributed by atoms with Crippen molar-refractivity contribution in [1.29, 1.82) is 0 Å². The summed E-state index contributed by atoms with van der Waals surface area (Å²) in [5.74, 6) is 0. The van der Waals surface area contributed by atoms with Crippen LogP contribution < -0.4 is 10.6 Å². The molecule has 0 bridgehead atoms. The summed E-state index contributed by atoms with van der Waals surface area (Å²) >= 11 is 2.81. The van der Waals surface area contributed by atoms with E-state index >= 15 is 0 Å². The van der Waals surface area contributed by atoms with Crippen LogP contribution in [0.2, 0.25) is 0 Å². The van der Waals surface area contributed by atoms with E-state index in [1.807, 2.05) is 35.2 Å². The second-order valence-corrected chi connectivity index (χ2v) is 3.30. The SMILES string of the molecule is CCN(C(N)=[Se])c1ccccc1. The summed E-state index contributed by atoms with van der Waals surface area (Å²) in [6.07, 6.45) is 0. The normalized spacial score (nSPS) is 9.42. The van der Waals surface area contributed by atoms with Crippen molar-refractivity contribution < 1.29 is 0 Å². The second kappa shape index (κ2) is 4.29. The summed E-state index contributed by atoms with van der Waals surface area (Å²) in [6.45, 7) is 2.94. The molecule has 0 fully saturated rings. The first-order chi connectivity index (χ1) is 5.75. The number of para-hydroxylation sites is 1. The number of nitrogens with two attached hydrogens (primary N) is 1. The second-order valence-electron chi connectivity index (χ2n) is 2.42. The van der Waals surface area contributed by atoms with Crippen LogP contribution in [0.5, 0.6) is 0 Å². The van der Waals surface area contributed by atoms with Crippen molar-refractivity contribution in [2.45, 2.75) is 6.92 Å². The van der Waals surface area contributed by atoms with Crippen LogP contribution in [0.15, 0.2) is 30.3 Å². The third kappa shape index (κ3) is 2.10. The van der Waals surface area contributed by atoms with Crippen LogP contribution in [0.25, 0.3) is 0 Å². The number of hydrogen-bond donors (Lipinski definition) is 1. The molecule has 0 aliphatic rings. The van der Waals surface area contributed by atoms with Gasteiger partial charge in [0.25, 0.3) is 0 Å². The van der Waals surface area contributed by atoms with Gasteiger partial charge >= 0.3 is 80.4 Å². The maximum absolute atomic E-state index is 5.67. The van der Waals surface area contributed by atoms with E-state index in [9.17, 15) is 0 Å². The Hall–Kier alpha value is -0.791. The van der Waals surface area contributed by atoms with Gasteiger partial charge in [0.2, 0.25) is 0 Å². The van der Waals surface area contributed by atoms with Gasteiger partial charge < -0.3 is 0 Å². The molecule has 0 amide bonds. The Bertz CT molecular complexity index is 258. The van der Waals surface area contributed by atoms with Gasteiger partial charge in [-0.1, -0.05) is 0 Å². The fourth-order valence-corrected chi connectivity index (χ4v) is 1.57. The molecule has 1 aromatic carbocycles. The molecule has 2 nitrogen and oxygen atoms in total. The molecular formula is C9H12N2Se.